The minimum atomic E-state index is -0.0174. The molecule has 1 N–H and O–H groups in total. The standard InChI is InChI=1S/C7H3Cl2N3O/c8-6-5-4(11-7(9)12-6)3(13)1-2-10-5/h1-2H,(H,10,13). The smallest absolute Gasteiger partial charge is 0.224 e. The Kier molecular flexibility index (Phi) is 1.94. The maximum Gasteiger partial charge on any atom is 0.224 e. The molecule has 0 spiro atoms. The maximum absolute atomic E-state index is 9.37. The van der Waals surface area contributed by atoms with E-state index >= 15 is 0 Å². The topological polar surface area (TPSA) is 58.9 Å². The molecule has 0 amide bonds. The number of aromatic nitrogens is 3. The van der Waals surface area contributed by atoms with Gasteiger partial charge in [-0.2, -0.15) is 0 Å². The van der Waals surface area contributed by atoms with Crippen LogP contribution in [0.15, 0.2) is 12.3 Å². The highest BCUT2D eigenvalue weighted by molar-refractivity contribution is 6.35. The second kappa shape index (κ2) is 2.97. The molecule has 13 heavy (non-hydrogen) atoms. The van der Waals surface area contributed by atoms with Crippen LogP contribution in [-0.2, 0) is 0 Å². The van der Waals surface area contributed by atoms with E-state index < -0.39 is 0 Å². The highest BCUT2D eigenvalue weighted by Gasteiger charge is 2.08. The number of rotatable bonds is 0. The summed E-state index contributed by atoms with van der Waals surface area (Å²) >= 11 is 11.3. The molecule has 66 valence electrons. The number of aromatic hydroxyl groups is 1. The molecule has 2 aromatic rings. The van der Waals surface area contributed by atoms with Gasteiger partial charge in [0.25, 0.3) is 0 Å². The molecule has 4 nitrogen and oxygen atoms in total. The SMILES string of the molecule is Oc1ccnc2c(Cl)nc(Cl)nc12. The molecule has 2 rings (SSSR count). The summed E-state index contributed by atoms with van der Waals surface area (Å²) in [7, 11) is 0. The van der Waals surface area contributed by atoms with Crippen molar-refractivity contribution in [3.05, 3.63) is 22.7 Å². The minimum absolute atomic E-state index is 0.0131. The lowest BCUT2D eigenvalue weighted by molar-refractivity contribution is 0.479. The van der Waals surface area contributed by atoms with Gasteiger partial charge in [-0.15, -0.1) is 0 Å². The number of hydrogen-bond donors (Lipinski definition) is 1. The molecule has 0 unspecified atom stereocenters. The molecular weight excluding hydrogens is 213 g/mol. The molecule has 2 aromatic heterocycles. The van der Waals surface area contributed by atoms with Crippen LogP contribution in [0, 0.1) is 0 Å². The largest absolute Gasteiger partial charge is 0.506 e. The van der Waals surface area contributed by atoms with Gasteiger partial charge in [-0.25, -0.2) is 9.97 Å². The van der Waals surface area contributed by atoms with Crippen LogP contribution in [0.1, 0.15) is 0 Å². The van der Waals surface area contributed by atoms with E-state index in [1.807, 2.05) is 0 Å². The molecule has 0 aromatic carbocycles. The zero-order chi connectivity index (χ0) is 9.42. The average molecular weight is 216 g/mol. The van der Waals surface area contributed by atoms with Gasteiger partial charge in [0.2, 0.25) is 5.28 Å². The molecule has 0 saturated heterocycles. The van der Waals surface area contributed by atoms with Crippen LogP contribution in [0.4, 0.5) is 0 Å². The van der Waals surface area contributed by atoms with Crippen molar-refractivity contribution in [2.45, 2.75) is 0 Å². The molecule has 0 fully saturated rings. The summed E-state index contributed by atoms with van der Waals surface area (Å²) in [5.74, 6) is -0.0174. The molecule has 0 aliphatic heterocycles. The molecule has 0 radical (unpaired) electrons. The van der Waals surface area contributed by atoms with E-state index in [-0.39, 0.29) is 21.7 Å². The van der Waals surface area contributed by atoms with E-state index in [0.29, 0.717) is 5.52 Å². The third kappa shape index (κ3) is 1.38. The van der Waals surface area contributed by atoms with E-state index in [1.165, 1.54) is 12.3 Å². The van der Waals surface area contributed by atoms with Crippen molar-refractivity contribution < 1.29 is 5.11 Å². The van der Waals surface area contributed by atoms with Gasteiger partial charge in [0.15, 0.2) is 5.15 Å². The lowest BCUT2D eigenvalue weighted by Gasteiger charge is -2.00. The predicted octanol–water partition coefficient (Wildman–Crippen LogP) is 2.04. The number of pyridine rings is 1. The molecule has 0 bridgehead atoms. The van der Waals surface area contributed by atoms with Gasteiger partial charge in [-0.3, -0.25) is 4.98 Å². The van der Waals surface area contributed by atoms with Crippen LogP contribution in [0.3, 0.4) is 0 Å². The number of hydrogen-bond acceptors (Lipinski definition) is 4. The monoisotopic (exact) mass is 215 g/mol. The number of nitrogens with zero attached hydrogens (tertiary/aromatic N) is 3. The summed E-state index contributed by atoms with van der Waals surface area (Å²) in [5.41, 5.74) is 0.596. The second-order valence-corrected chi connectivity index (χ2v) is 3.01. The third-order valence-corrected chi connectivity index (χ3v) is 1.93. The Hall–Kier alpha value is -1.13. The normalized spacial score (nSPS) is 10.6. The Morgan fingerprint density at radius 3 is 2.69 bits per heavy atom. The van der Waals surface area contributed by atoms with Gasteiger partial charge in [0, 0.05) is 12.3 Å². The van der Waals surface area contributed by atoms with Gasteiger partial charge < -0.3 is 5.11 Å². The molecular formula is C7H3Cl2N3O. The fraction of sp³-hybridized carbons (Fsp3) is 0. The molecule has 2 heterocycles. The van der Waals surface area contributed by atoms with Crippen molar-refractivity contribution in [3.63, 3.8) is 0 Å². The molecule has 6 heteroatoms. The Labute approximate surface area is 83.2 Å². The first-order chi connectivity index (χ1) is 6.18. The first-order valence-electron chi connectivity index (χ1n) is 3.35. The Bertz CT molecular complexity index is 474. The highest BCUT2D eigenvalue weighted by Crippen LogP contribution is 2.25. The predicted molar refractivity (Wildman–Crippen MR) is 49.0 cm³/mol. The second-order valence-electron chi connectivity index (χ2n) is 2.31. The van der Waals surface area contributed by atoms with Crippen LogP contribution in [0.25, 0.3) is 11.0 Å². The molecule has 0 aliphatic carbocycles. The summed E-state index contributed by atoms with van der Waals surface area (Å²) in [6.07, 6.45) is 1.42. The van der Waals surface area contributed by atoms with Crippen LogP contribution in [0.5, 0.6) is 5.75 Å². The van der Waals surface area contributed by atoms with Gasteiger partial charge in [0.05, 0.1) is 0 Å². The summed E-state index contributed by atoms with van der Waals surface area (Å²) in [4.78, 5) is 11.4. The summed E-state index contributed by atoms with van der Waals surface area (Å²) < 4.78 is 0. The van der Waals surface area contributed by atoms with Gasteiger partial charge in [-0.1, -0.05) is 11.6 Å². The summed E-state index contributed by atoms with van der Waals surface area (Å²) in [6.45, 7) is 0. The zero-order valence-electron chi connectivity index (χ0n) is 6.20. The van der Waals surface area contributed by atoms with Gasteiger partial charge >= 0.3 is 0 Å². The van der Waals surface area contributed by atoms with Crippen molar-refractivity contribution in [2.75, 3.05) is 0 Å². The van der Waals surface area contributed by atoms with E-state index in [4.69, 9.17) is 23.2 Å². The van der Waals surface area contributed by atoms with Gasteiger partial charge in [-0.05, 0) is 11.6 Å². The minimum Gasteiger partial charge on any atom is -0.506 e. The highest BCUT2D eigenvalue weighted by atomic mass is 35.5. The van der Waals surface area contributed by atoms with Crippen molar-refractivity contribution in [1.82, 2.24) is 15.0 Å². The molecule has 0 atom stereocenters. The van der Waals surface area contributed by atoms with Crippen LogP contribution in [0.2, 0.25) is 10.4 Å². The van der Waals surface area contributed by atoms with Crippen LogP contribution in [-0.4, -0.2) is 20.1 Å². The first kappa shape index (κ1) is 8.47. The Balaban J connectivity index is 2.94. The zero-order valence-corrected chi connectivity index (χ0v) is 7.71. The van der Waals surface area contributed by atoms with E-state index in [1.54, 1.807) is 0 Å². The van der Waals surface area contributed by atoms with Crippen molar-refractivity contribution >= 4 is 34.2 Å². The summed E-state index contributed by atoms with van der Waals surface area (Å²) in [5, 5.41) is 9.49. The van der Waals surface area contributed by atoms with E-state index in [9.17, 15) is 5.11 Å². The number of fused-ring (bicyclic) bond motifs is 1. The molecule has 0 saturated carbocycles. The van der Waals surface area contributed by atoms with Crippen LogP contribution >= 0.6 is 23.2 Å². The van der Waals surface area contributed by atoms with Crippen LogP contribution < -0.4 is 0 Å². The Morgan fingerprint density at radius 1 is 1.15 bits per heavy atom. The van der Waals surface area contributed by atoms with Crippen molar-refractivity contribution in [3.8, 4) is 5.75 Å². The fourth-order valence-electron chi connectivity index (χ4n) is 0.956. The average Bonchev–Trinajstić information content (AvgIpc) is 2.07. The maximum atomic E-state index is 9.37. The number of halogens is 2. The first-order valence-corrected chi connectivity index (χ1v) is 4.11. The Morgan fingerprint density at radius 2 is 1.92 bits per heavy atom. The lowest BCUT2D eigenvalue weighted by Crippen LogP contribution is -1.89. The summed E-state index contributed by atoms with van der Waals surface area (Å²) in [6, 6.07) is 1.40. The van der Waals surface area contributed by atoms with Crippen molar-refractivity contribution in [1.29, 1.82) is 0 Å². The molecule has 0 aliphatic rings. The third-order valence-electron chi connectivity index (χ3n) is 1.49. The van der Waals surface area contributed by atoms with Gasteiger partial charge in [0.1, 0.15) is 16.8 Å². The lowest BCUT2D eigenvalue weighted by atomic mass is 10.3. The quantitative estimate of drug-likeness (QED) is 0.540. The van der Waals surface area contributed by atoms with Crippen molar-refractivity contribution in [2.24, 2.45) is 0 Å². The van der Waals surface area contributed by atoms with E-state index in [2.05, 4.69) is 15.0 Å². The van der Waals surface area contributed by atoms with E-state index in [0.717, 1.165) is 0 Å². The fourth-order valence-corrected chi connectivity index (χ4v) is 1.39.